The third-order valence-corrected chi connectivity index (χ3v) is 1.85. The van der Waals surface area contributed by atoms with Crippen LogP contribution in [-0.2, 0) is 4.79 Å². The van der Waals surface area contributed by atoms with Crippen LogP contribution in [0, 0.1) is 0 Å². The molecule has 0 heterocycles. The van der Waals surface area contributed by atoms with Gasteiger partial charge in [0.1, 0.15) is 0 Å². The summed E-state index contributed by atoms with van der Waals surface area (Å²) in [5.74, 6) is 0.0222. The summed E-state index contributed by atoms with van der Waals surface area (Å²) in [6.07, 6.45) is 2.86. The topological polar surface area (TPSA) is 34.1 Å². The van der Waals surface area contributed by atoms with Gasteiger partial charge in [-0.1, -0.05) is 30.3 Å². The average molecular weight is 209 g/mol. The fourth-order valence-corrected chi connectivity index (χ4v) is 1.05. The number of Topliss-reactive ketones (excluding diaryl/α,β-unsaturated/α-hetero) is 1. The highest BCUT2D eigenvalue weighted by Gasteiger charge is 1.96. The zero-order valence-electron chi connectivity index (χ0n) is 7.66. The van der Waals surface area contributed by atoms with Crippen LogP contribution >= 0.6 is 11.6 Å². The standard InChI is InChI=1S/C11H9ClO2/c1-8(13)10-5-2-9(3-6-10)4-7-11(12)14/h2-7H,1H3. The lowest BCUT2D eigenvalue weighted by molar-refractivity contribution is -0.107. The molecule has 14 heavy (non-hydrogen) atoms. The molecule has 0 aromatic heterocycles. The number of hydrogen-bond acceptors (Lipinski definition) is 2. The molecule has 0 atom stereocenters. The van der Waals surface area contributed by atoms with Gasteiger partial charge in [0.2, 0.25) is 5.24 Å². The largest absolute Gasteiger partial charge is 0.295 e. The first-order valence-electron chi connectivity index (χ1n) is 4.08. The molecule has 0 N–H and O–H groups in total. The first-order chi connectivity index (χ1) is 6.59. The Balaban J connectivity index is 2.83. The van der Waals surface area contributed by atoms with E-state index in [1.807, 2.05) is 0 Å². The number of carbonyl (C=O) groups excluding carboxylic acids is 2. The van der Waals surface area contributed by atoms with Crippen LogP contribution in [0.1, 0.15) is 22.8 Å². The smallest absolute Gasteiger partial charge is 0.245 e. The lowest BCUT2D eigenvalue weighted by Gasteiger charge is -1.95. The maximum Gasteiger partial charge on any atom is 0.245 e. The quantitative estimate of drug-likeness (QED) is 0.435. The molecule has 72 valence electrons. The van der Waals surface area contributed by atoms with E-state index in [2.05, 4.69) is 0 Å². The molecule has 0 unspecified atom stereocenters. The van der Waals surface area contributed by atoms with Crippen molar-refractivity contribution in [2.24, 2.45) is 0 Å². The van der Waals surface area contributed by atoms with E-state index >= 15 is 0 Å². The van der Waals surface area contributed by atoms with Gasteiger partial charge in [0.15, 0.2) is 5.78 Å². The predicted octanol–water partition coefficient (Wildman–Crippen LogP) is 2.67. The number of hydrogen-bond donors (Lipinski definition) is 0. The minimum absolute atomic E-state index is 0.0222. The number of rotatable bonds is 3. The van der Waals surface area contributed by atoms with Gasteiger partial charge in [0.05, 0.1) is 0 Å². The Hall–Kier alpha value is -1.41. The molecule has 2 nitrogen and oxygen atoms in total. The zero-order chi connectivity index (χ0) is 10.6. The van der Waals surface area contributed by atoms with Crippen LogP contribution in [0.25, 0.3) is 6.08 Å². The van der Waals surface area contributed by atoms with E-state index in [-0.39, 0.29) is 5.78 Å². The van der Waals surface area contributed by atoms with Gasteiger partial charge in [0, 0.05) is 5.56 Å². The van der Waals surface area contributed by atoms with Gasteiger partial charge < -0.3 is 0 Å². The van der Waals surface area contributed by atoms with Crippen molar-refractivity contribution in [2.75, 3.05) is 0 Å². The van der Waals surface area contributed by atoms with Crippen molar-refractivity contribution in [3.8, 4) is 0 Å². The Morgan fingerprint density at radius 3 is 2.21 bits per heavy atom. The molecule has 1 aromatic carbocycles. The van der Waals surface area contributed by atoms with Crippen molar-refractivity contribution >= 4 is 28.7 Å². The molecule has 0 aliphatic heterocycles. The van der Waals surface area contributed by atoms with E-state index in [0.29, 0.717) is 5.56 Å². The molecule has 0 spiro atoms. The van der Waals surface area contributed by atoms with Crippen LogP contribution in [0.2, 0.25) is 0 Å². The van der Waals surface area contributed by atoms with Crippen molar-refractivity contribution in [1.29, 1.82) is 0 Å². The molecule has 0 aliphatic carbocycles. The number of ketones is 1. The average Bonchev–Trinajstić information content (AvgIpc) is 2.15. The van der Waals surface area contributed by atoms with Crippen LogP contribution in [-0.4, -0.2) is 11.0 Å². The second-order valence-electron chi connectivity index (χ2n) is 2.82. The summed E-state index contributed by atoms with van der Waals surface area (Å²) in [5, 5.41) is -0.513. The zero-order valence-corrected chi connectivity index (χ0v) is 8.41. The van der Waals surface area contributed by atoms with E-state index in [9.17, 15) is 9.59 Å². The Morgan fingerprint density at radius 1 is 1.21 bits per heavy atom. The SMILES string of the molecule is CC(=O)c1ccc(C=CC(=O)Cl)cc1. The lowest BCUT2D eigenvalue weighted by atomic mass is 10.1. The van der Waals surface area contributed by atoms with Crippen molar-refractivity contribution in [1.82, 2.24) is 0 Å². The minimum atomic E-state index is -0.513. The minimum Gasteiger partial charge on any atom is -0.295 e. The van der Waals surface area contributed by atoms with E-state index in [1.54, 1.807) is 30.3 Å². The van der Waals surface area contributed by atoms with Crippen molar-refractivity contribution < 1.29 is 9.59 Å². The van der Waals surface area contributed by atoms with Crippen LogP contribution in [0.5, 0.6) is 0 Å². The molecule has 0 saturated heterocycles. The van der Waals surface area contributed by atoms with E-state index < -0.39 is 5.24 Å². The molecule has 0 radical (unpaired) electrons. The maximum absolute atomic E-state index is 10.9. The Labute approximate surface area is 87.2 Å². The van der Waals surface area contributed by atoms with Gasteiger partial charge in [0.25, 0.3) is 0 Å². The van der Waals surface area contributed by atoms with Crippen LogP contribution < -0.4 is 0 Å². The highest BCUT2D eigenvalue weighted by atomic mass is 35.5. The highest BCUT2D eigenvalue weighted by Crippen LogP contribution is 2.07. The number of halogens is 1. The second-order valence-corrected chi connectivity index (χ2v) is 3.19. The summed E-state index contributed by atoms with van der Waals surface area (Å²) in [6, 6.07) is 6.93. The Bertz CT molecular complexity index is 377. The molecule has 1 aromatic rings. The fourth-order valence-electron chi connectivity index (χ4n) is 0.991. The summed E-state index contributed by atoms with van der Waals surface area (Å²) in [5.41, 5.74) is 1.49. The summed E-state index contributed by atoms with van der Waals surface area (Å²) in [6.45, 7) is 1.51. The monoisotopic (exact) mass is 208 g/mol. The van der Waals surface area contributed by atoms with Crippen LogP contribution in [0.4, 0.5) is 0 Å². The second kappa shape index (κ2) is 4.72. The van der Waals surface area contributed by atoms with Gasteiger partial charge in [-0.05, 0) is 30.2 Å². The van der Waals surface area contributed by atoms with Crippen molar-refractivity contribution in [2.45, 2.75) is 6.92 Å². The summed E-state index contributed by atoms with van der Waals surface area (Å²) in [7, 11) is 0. The lowest BCUT2D eigenvalue weighted by Crippen LogP contribution is -1.90. The molecule has 1 rings (SSSR count). The summed E-state index contributed by atoms with van der Waals surface area (Å²) >= 11 is 5.13. The first-order valence-corrected chi connectivity index (χ1v) is 4.46. The molecule has 0 amide bonds. The van der Waals surface area contributed by atoms with E-state index in [0.717, 1.165) is 5.56 Å². The van der Waals surface area contributed by atoms with Gasteiger partial charge in [-0.15, -0.1) is 0 Å². The number of allylic oxidation sites excluding steroid dienone is 1. The molecule has 0 bridgehead atoms. The molecular formula is C11H9ClO2. The summed E-state index contributed by atoms with van der Waals surface area (Å²) < 4.78 is 0. The molecular weight excluding hydrogens is 200 g/mol. The first kappa shape index (κ1) is 10.7. The van der Waals surface area contributed by atoms with Gasteiger partial charge in [-0.25, -0.2) is 0 Å². The number of benzene rings is 1. The third kappa shape index (κ3) is 3.15. The van der Waals surface area contributed by atoms with Crippen molar-refractivity contribution in [3.63, 3.8) is 0 Å². The van der Waals surface area contributed by atoms with Gasteiger partial charge >= 0.3 is 0 Å². The Morgan fingerprint density at radius 2 is 1.79 bits per heavy atom. The molecule has 0 saturated carbocycles. The van der Waals surface area contributed by atoms with Gasteiger partial charge in [-0.3, -0.25) is 9.59 Å². The van der Waals surface area contributed by atoms with Crippen LogP contribution in [0.15, 0.2) is 30.3 Å². The molecule has 0 fully saturated rings. The highest BCUT2D eigenvalue weighted by molar-refractivity contribution is 6.66. The Kier molecular flexibility index (Phi) is 3.60. The number of carbonyl (C=O) groups is 2. The fraction of sp³-hybridized carbons (Fsp3) is 0.0909. The van der Waals surface area contributed by atoms with E-state index in [1.165, 1.54) is 13.0 Å². The van der Waals surface area contributed by atoms with Crippen molar-refractivity contribution in [3.05, 3.63) is 41.5 Å². The normalized spacial score (nSPS) is 10.4. The maximum atomic E-state index is 10.9. The van der Waals surface area contributed by atoms with E-state index in [4.69, 9.17) is 11.6 Å². The molecule has 3 heteroatoms. The third-order valence-electron chi connectivity index (χ3n) is 1.72. The molecule has 0 aliphatic rings. The van der Waals surface area contributed by atoms with Crippen LogP contribution in [0.3, 0.4) is 0 Å². The summed E-state index contributed by atoms with van der Waals surface area (Å²) in [4.78, 5) is 21.3. The van der Waals surface area contributed by atoms with Gasteiger partial charge in [-0.2, -0.15) is 0 Å². The predicted molar refractivity (Wildman–Crippen MR) is 56.3 cm³/mol.